The van der Waals surface area contributed by atoms with Gasteiger partial charge in [0.1, 0.15) is 0 Å². The molecule has 0 aromatic heterocycles. The van der Waals surface area contributed by atoms with Crippen molar-refractivity contribution in [2.45, 2.75) is 76.4 Å². The third-order valence-corrected chi connectivity index (χ3v) is 3.22. The van der Waals surface area contributed by atoms with Crippen LogP contribution in [0.25, 0.3) is 0 Å². The van der Waals surface area contributed by atoms with E-state index >= 15 is 0 Å². The molecule has 0 aromatic rings. The van der Waals surface area contributed by atoms with Crippen LogP contribution in [0.1, 0.15) is 64.2 Å². The molecule has 0 aromatic carbocycles. The number of aliphatic hydroxyl groups excluding tert-OH is 4. The molecular formula is C14H30O4. The first-order valence-electron chi connectivity index (χ1n) is 7.28. The van der Waals surface area contributed by atoms with E-state index in [9.17, 15) is 10.2 Å². The lowest BCUT2D eigenvalue weighted by atomic mass is 10.0. The standard InChI is InChI=1S/C14H30O4/c15-11-5-1-3-7-13(17)9-10-14(18)8-4-2-6-12-16/h13-18H,1-12H2. The van der Waals surface area contributed by atoms with Crippen LogP contribution in [0.4, 0.5) is 0 Å². The van der Waals surface area contributed by atoms with Gasteiger partial charge in [-0.2, -0.15) is 0 Å². The van der Waals surface area contributed by atoms with Crippen LogP contribution in [-0.2, 0) is 0 Å². The summed E-state index contributed by atoms with van der Waals surface area (Å²) in [6, 6.07) is 0. The van der Waals surface area contributed by atoms with Crippen molar-refractivity contribution in [2.24, 2.45) is 0 Å². The van der Waals surface area contributed by atoms with E-state index in [1.54, 1.807) is 0 Å². The minimum Gasteiger partial charge on any atom is -0.396 e. The van der Waals surface area contributed by atoms with Gasteiger partial charge in [0.15, 0.2) is 0 Å². The summed E-state index contributed by atoms with van der Waals surface area (Å²) in [5.74, 6) is 0. The van der Waals surface area contributed by atoms with E-state index in [0.717, 1.165) is 51.4 Å². The molecule has 4 nitrogen and oxygen atoms in total. The quantitative estimate of drug-likeness (QED) is 0.380. The van der Waals surface area contributed by atoms with Gasteiger partial charge in [-0.1, -0.05) is 25.7 Å². The normalized spacial score (nSPS) is 14.7. The molecule has 2 unspecified atom stereocenters. The van der Waals surface area contributed by atoms with E-state index in [0.29, 0.717) is 12.8 Å². The van der Waals surface area contributed by atoms with Crippen LogP contribution < -0.4 is 0 Å². The Balaban J connectivity index is 3.32. The molecule has 0 spiro atoms. The highest BCUT2D eigenvalue weighted by Gasteiger charge is 2.09. The van der Waals surface area contributed by atoms with Crippen LogP contribution in [-0.4, -0.2) is 45.8 Å². The Hall–Kier alpha value is -0.160. The number of unbranched alkanes of at least 4 members (excludes halogenated alkanes) is 4. The van der Waals surface area contributed by atoms with Gasteiger partial charge in [-0.25, -0.2) is 0 Å². The highest BCUT2D eigenvalue weighted by molar-refractivity contribution is 4.62. The van der Waals surface area contributed by atoms with Crippen LogP contribution in [0.2, 0.25) is 0 Å². The van der Waals surface area contributed by atoms with Gasteiger partial charge in [-0.15, -0.1) is 0 Å². The van der Waals surface area contributed by atoms with E-state index < -0.39 is 0 Å². The fourth-order valence-electron chi connectivity index (χ4n) is 2.01. The first-order valence-corrected chi connectivity index (χ1v) is 7.28. The summed E-state index contributed by atoms with van der Waals surface area (Å²) >= 11 is 0. The summed E-state index contributed by atoms with van der Waals surface area (Å²) in [6.45, 7) is 0.450. The Kier molecular flexibility index (Phi) is 13.2. The number of hydrogen-bond donors (Lipinski definition) is 4. The Labute approximate surface area is 111 Å². The van der Waals surface area contributed by atoms with Crippen molar-refractivity contribution in [2.75, 3.05) is 13.2 Å². The van der Waals surface area contributed by atoms with Crippen molar-refractivity contribution < 1.29 is 20.4 Å². The van der Waals surface area contributed by atoms with Crippen molar-refractivity contribution in [3.05, 3.63) is 0 Å². The van der Waals surface area contributed by atoms with Gasteiger partial charge in [0.25, 0.3) is 0 Å². The second kappa shape index (κ2) is 13.3. The first-order chi connectivity index (χ1) is 8.70. The van der Waals surface area contributed by atoms with Gasteiger partial charge >= 0.3 is 0 Å². The molecule has 0 fully saturated rings. The summed E-state index contributed by atoms with van der Waals surface area (Å²) in [6.07, 6.45) is 7.58. The molecule has 0 amide bonds. The van der Waals surface area contributed by atoms with Crippen molar-refractivity contribution in [3.8, 4) is 0 Å². The average molecular weight is 262 g/mol. The summed E-state index contributed by atoms with van der Waals surface area (Å²) < 4.78 is 0. The highest BCUT2D eigenvalue weighted by atomic mass is 16.3. The van der Waals surface area contributed by atoms with E-state index in [2.05, 4.69) is 0 Å². The van der Waals surface area contributed by atoms with Crippen molar-refractivity contribution >= 4 is 0 Å². The largest absolute Gasteiger partial charge is 0.396 e. The minimum atomic E-state index is -0.323. The molecule has 0 bridgehead atoms. The zero-order chi connectivity index (χ0) is 13.6. The number of rotatable bonds is 13. The third-order valence-electron chi connectivity index (χ3n) is 3.22. The van der Waals surface area contributed by atoms with Gasteiger partial charge in [-0.05, 0) is 38.5 Å². The molecule has 4 heteroatoms. The minimum absolute atomic E-state index is 0.225. The average Bonchev–Trinajstić information content (AvgIpc) is 2.37. The molecule has 0 rings (SSSR count). The third kappa shape index (κ3) is 12.3. The predicted molar refractivity (Wildman–Crippen MR) is 72.4 cm³/mol. The fraction of sp³-hybridized carbons (Fsp3) is 1.00. The monoisotopic (exact) mass is 262 g/mol. The molecule has 0 radical (unpaired) electrons. The number of hydrogen-bond acceptors (Lipinski definition) is 4. The molecule has 4 N–H and O–H groups in total. The molecule has 0 saturated heterocycles. The van der Waals surface area contributed by atoms with Crippen LogP contribution in [0, 0.1) is 0 Å². The van der Waals surface area contributed by atoms with Gasteiger partial charge < -0.3 is 20.4 Å². The van der Waals surface area contributed by atoms with Crippen molar-refractivity contribution in [1.29, 1.82) is 0 Å². The Bertz CT molecular complexity index is 146. The molecule has 18 heavy (non-hydrogen) atoms. The molecule has 110 valence electrons. The second-order valence-corrected chi connectivity index (χ2v) is 5.03. The van der Waals surface area contributed by atoms with E-state index in [-0.39, 0.29) is 25.4 Å². The molecule has 2 atom stereocenters. The lowest BCUT2D eigenvalue weighted by Gasteiger charge is -2.14. The van der Waals surface area contributed by atoms with E-state index in [4.69, 9.17) is 10.2 Å². The van der Waals surface area contributed by atoms with Crippen molar-refractivity contribution in [3.63, 3.8) is 0 Å². The van der Waals surface area contributed by atoms with Gasteiger partial charge in [0.05, 0.1) is 12.2 Å². The molecule has 0 heterocycles. The zero-order valence-corrected chi connectivity index (χ0v) is 11.4. The molecule has 0 aliphatic rings. The van der Waals surface area contributed by atoms with Crippen LogP contribution in [0.5, 0.6) is 0 Å². The smallest absolute Gasteiger partial charge is 0.0541 e. The topological polar surface area (TPSA) is 80.9 Å². The van der Waals surface area contributed by atoms with Crippen LogP contribution in [0.15, 0.2) is 0 Å². The van der Waals surface area contributed by atoms with Gasteiger partial charge in [0, 0.05) is 13.2 Å². The highest BCUT2D eigenvalue weighted by Crippen LogP contribution is 2.13. The summed E-state index contributed by atoms with van der Waals surface area (Å²) in [5, 5.41) is 36.6. The second-order valence-electron chi connectivity index (χ2n) is 5.03. The van der Waals surface area contributed by atoms with Crippen molar-refractivity contribution in [1.82, 2.24) is 0 Å². The van der Waals surface area contributed by atoms with E-state index in [1.165, 1.54) is 0 Å². The lowest BCUT2D eigenvalue weighted by molar-refractivity contribution is 0.100. The summed E-state index contributed by atoms with van der Waals surface area (Å²) in [5.41, 5.74) is 0. The Morgan fingerprint density at radius 3 is 1.22 bits per heavy atom. The van der Waals surface area contributed by atoms with E-state index in [1.807, 2.05) is 0 Å². The maximum atomic E-state index is 9.70. The zero-order valence-electron chi connectivity index (χ0n) is 11.4. The lowest BCUT2D eigenvalue weighted by Crippen LogP contribution is -2.13. The SMILES string of the molecule is OCCCCCC(O)CCC(O)CCCCCO. The maximum absolute atomic E-state index is 9.70. The van der Waals surface area contributed by atoms with Gasteiger partial charge in [-0.3, -0.25) is 0 Å². The predicted octanol–water partition coefficient (Wildman–Crippen LogP) is 1.59. The molecular weight excluding hydrogens is 232 g/mol. The fourth-order valence-corrected chi connectivity index (χ4v) is 2.01. The van der Waals surface area contributed by atoms with Crippen LogP contribution >= 0.6 is 0 Å². The first kappa shape index (κ1) is 17.8. The summed E-state index contributed by atoms with van der Waals surface area (Å²) in [4.78, 5) is 0. The molecule has 0 saturated carbocycles. The Morgan fingerprint density at radius 2 is 0.889 bits per heavy atom. The maximum Gasteiger partial charge on any atom is 0.0541 e. The van der Waals surface area contributed by atoms with Crippen LogP contribution in [0.3, 0.4) is 0 Å². The summed E-state index contributed by atoms with van der Waals surface area (Å²) in [7, 11) is 0. The number of aliphatic hydroxyl groups is 4. The molecule has 0 aliphatic carbocycles. The Morgan fingerprint density at radius 1 is 0.500 bits per heavy atom. The van der Waals surface area contributed by atoms with Gasteiger partial charge in [0.2, 0.25) is 0 Å². The molecule has 0 aliphatic heterocycles.